The lowest BCUT2D eigenvalue weighted by molar-refractivity contribution is -0.132. The maximum Gasteiger partial charge on any atom is 0.408 e. The molecule has 4 rings (SSSR count). The fraction of sp³-hybridized carbons (Fsp3) is 0.342. The van der Waals surface area contributed by atoms with Crippen molar-refractivity contribution in [3.63, 3.8) is 0 Å². The average molecular weight is 653 g/mol. The summed E-state index contributed by atoms with van der Waals surface area (Å²) in [5.41, 5.74) is 0.437. The van der Waals surface area contributed by atoms with Crippen LogP contribution >= 0.6 is 0 Å². The first-order valence-corrected chi connectivity index (χ1v) is 15.8. The summed E-state index contributed by atoms with van der Waals surface area (Å²) in [5.74, 6) is -1.02. The van der Waals surface area contributed by atoms with E-state index in [0.29, 0.717) is 11.3 Å². The zero-order valence-electron chi connectivity index (χ0n) is 28.4. The highest BCUT2D eigenvalue weighted by Crippen LogP contribution is 2.29. The molecule has 1 aromatic heterocycles. The summed E-state index contributed by atoms with van der Waals surface area (Å²) in [4.78, 5) is 56.9. The van der Waals surface area contributed by atoms with Crippen molar-refractivity contribution in [3.8, 4) is 0 Å². The standard InChI is InChI=1S/C38H44N4O6/c1-25(31-21-42(24-39-31)34(26(2)43)30-19-13-17-28-16-11-12-18-29(28)30)20-33(44)32(23-47-22-27-14-9-8-10-15-27)40-35(45)38(6,7)41-36(46)48-37(3,4)5/h8-19,21,24,32,34H,1,20,22-23H2,2-7H3,(H,40,45)(H,41,46)/t32-,34?/m1/s1. The lowest BCUT2D eigenvalue weighted by Crippen LogP contribution is -2.59. The molecule has 1 heterocycles. The van der Waals surface area contributed by atoms with Crippen LogP contribution in [0, 0.1) is 0 Å². The molecule has 2 N–H and O–H groups in total. The van der Waals surface area contributed by atoms with E-state index >= 15 is 0 Å². The highest BCUT2D eigenvalue weighted by atomic mass is 16.6. The summed E-state index contributed by atoms with van der Waals surface area (Å²) in [5, 5.41) is 7.30. The molecule has 4 aromatic rings. The minimum atomic E-state index is -1.40. The van der Waals surface area contributed by atoms with Crippen molar-refractivity contribution in [2.45, 2.75) is 77.8 Å². The van der Waals surface area contributed by atoms with Crippen LogP contribution in [0.4, 0.5) is 4.79 Å². The number of hydrogen-bond donors (Lipinski definition) is 2. The van der Waals surface area contributed by atoms with Crippen molar-refractivity contribution < 1.29 is 28.7 Å². The van der Waals surface area contributed by atoms with Gasteiger partial charge in [-0.2, -0.15) is 0 Å². The maximum atomic E-state index is 13.7. The van der Waals surface area contributed by atoms with Gasteiger partial charge in [0, 0.05) is 12.6 Å². The van der Waals surface area contributed by atoms with Gasteiger partial charge in [0.05, 0.1) is 25.2 Å². The Morgan fingerprint density at radius 1 is 0.917 bits per heavy atom. The van der Waals surface area contributed by atoms with Crippen molar-refractivity contribution in [3.05, 3.63) is 109 Å². The number of fused-ring (bicyclic) bond motifs is 1. The molecule has 0 saturated heterocycles. The van der Waals surface area contributed by atoms with Gasteiger partial charge in [-0.3, -0.25) is 14.4 Å². The van der Waals surface area contributed by atoms with E-state index < -0.39 is 35.2 Å². The summed E-state index contributed by atoms with van der Waals surface area (Å²) < 4.78 is 12.9. The number of rotatable bonds is 14. The van der Waals surface area contributed by atoms with Gasteiger partial charge in [0.1, 0.15) is 23.2 Å². The van der Waals surface area contributed by atoms with Crippen LogP contribution in [0.2, 0.25) is 0 Å². The van der Waals surface area contributed by atoms with Gasteiger partial charge in [-0.15, -0.1) is 0 Å². The number of aromatic nitrogens is 2. The molecular formula is C38H44N4O6. The molecule has 2 atom stereocenters. The van der Waals surface area contributed by atoms with Crippen LogP contribution in [0.15, 0.2) is 91.9 Å². The SMILES string of the molecule is C=C(CC(=O)[C@@H](COCc1ccccc1)NC(=O)C(C)(C)NC(=O)OC(C)(C)C)c1cn(C(C(C)=O)c2cccc3ccccc23)cn1. The topological polar surface area (TPSA) is 129 Å². The Hall–Kier alpha value is -5.09. The Morgan fingerprint density at radius 2 is 1.58 bits per heavy atom. The first kappa shape index (κ1) is 35.8. The molecule has 0 bridgehead atoms. The van der Waals surface area contributed by atoms with Crippen molar-refractivity contribution in [2.75, 3.05) is 6.61 Å². The van der Waals surface area contributed by atoms with E-state index in [9.17, 15) is 19.2 Å². The molecule has 252 valence electrons. The normalized spacial score (nSPS) is 13.0. The highest BCUT2D eigenvalue weighted by Gasteiger charge is 2.34. The molecule has 0 radical (unpaired) electrons. The van der Waals surface area contributed by atoms with E-state index in [4.69, 9.17) is 9.47 Å². The smallest absolute Gasteiger partial charge is 0.408 e. The first-order valence-electron chi connectivity index (χ1n) is 15.8. The van der Waals surface area contributed by atoms with Crippen molar-refractivity contribution >= 4 is 39.9 Å². The molecule has 2 amide bonds. The van der Waals surface area contributed by atoms with Crippen molar-refractivity contribution in [1.82, 2.24) is 20.2 Å². The number of allylic oxidation sites excluding steroid dienone is 1. The number of Topliss-reactive ketones (excluding diaryl/α,β-unsaturated/α-hetero) is 2. The summed E-state index contributed by atoms with van der Waals surface area (Å²) in [6, 6.07) is 21.5. The van der Waals surface area contributed by atoms with Crippen LogP contribution in [-0.2, 0) is 30.5 Å². The third-order valence-electron chi connectivity index (χ3n) is 7.62. The Kier molecular flexibility index (Phi) is 11.3. The Bertz CT molecular complexity index is 1780. The molecule has 0 aliphatic carbocycles. The van der Waals surface area contributed by atoms with Crippen molar-refractivity contribution in [2.24, 2.45) is 0 Å². The molecular weight excluding hydrogens is 608 g/mol. The predicted octanol–water partition coefficient (Wildman–Crippen LogP) is 6.19. The number of amides is 2. The van der Waals surface area contributed by atoms with Crippen LogP contribution in [0.5, 0.6) is 0 Å². The number of carbonyl (C=O) groups is 4. The molecule has 0 aliphatic heterocycles. The van der Waals surface area contributed by atoms with E-state index in [1.165, 1.54) is 20.8 Å². The average Bonchev–Trinajstić information content (AvgIpc) is 3.49. The number of nitrogens with one attached hydrogen (secondary N) is 2. The van der Waals surface area contributed by atoms with Gasteiger partial charge in [0.25, 0.3) is 0 Å². The fourth-order valence-electron chi connectivity index (χ4n) is 5.20. The van der Waals surface area contributed by atoms with Gasteiger partial charge in [0.15, 0.2) is 11.6 Å². The lowest BCUT2D eigenvalue weighted by atomic mass is 9.96. The van der Waals surface area contributed by atoms with Crippen LogP contribution in [0.1, 0.15) is 70.8 Å². The van der Waals surface area contributed by atoms with Gasteiger partial charge >= 0.3 is 6.09 Å². The number of ether oxygens (including phenoxy) is 2. The van der Waals surface area contributed by atoms with Gasteiger partial charge in [-0.1, -0.05) is 79.4 Å². The molecule has 0 fully saturated rings. The summed E-state index contributed by atoms with van der Waals surface area (Å²) >= 11 is 0. The Balaban J connectivity index is 1.50. The van der Waals surface area contributed by atoms with Gasteiger partial charge in [0.2, 0.25) is 5.91 Å². The number of hydrogen-bond acceptors (Lipinski definition) is 7. The van der Waals surface area contributed by atoms with Gasteiger partial charge < -0.3 is 24.7 Å². The van der Waals surface area contributed by atoms with E-state index in [2.05, 4.69) is 22.2 Å². The molecule has 1 unspecified atom stereocenters. The molecule has 0 spiro atoms. The largest absolute Gasteiger partial charge is 0.444 e. The van der Waals surface area contributed by atoms with Crippen molar-refractivity contribution in [1.29, 1.82) is 0 Å². The molecule has 10 heteroatoms. The van der Waals surface area contributed by atoms with Crippen LogP contribution < -0.4 is 10.6 Å². The molecule has 48 heavy (non-hydrogen) atoms. The van der Waals surface area contributed by atoms with Crippen LogP contribution in [0.25, 0.3) is 16.3 Å². The molecule has 0 aliphatic rings. The summed E-state index contributed by atoms with van der Waals surface area (Å²) in [6.45, 7) is 14.0. The Morgan fingerprint density at radius 3 is 2.27 bits per heavy atom. The summed E-state index contributed by atoms with van der Waals surface area (Å²) in [7, 11) is 0. The third kappa shape index (κ3) is 9.48. The zero-order chi connectivity index (χ0) is 35.1. The number of benzene rings is 3. The van der Waals surface area contributed by atoms with Gasteiger partial charge in [-0.05, 0) is 69.0 Å². The number of nitrogens with zero attached hydrogens (tertiary/aromatic N) is 2. The first-order chi connectivity index (χ1) is 22.6. The van der Waals surface area contributed by atoms with Gasteiger partial charge in [-0.25, -0.2) is 9.78 Å². The fourth-order valence-corrected chi connectivity index (χ4v) is 5.20. The number of ketones is 2. The second-order valence-corrected chi connectivity index (χ2v) is 13.3. The van der Waals surface area contributed by atoms with E-state index in [-0.39, 0.29) is 31.2 Å². The number of carbonyl (C=O) groups excluding carboxylic acids is 4. The van der Waals surface area contributed by atoms with E-state index in [0.717, 1.165) is 21.9 Å². The number of imidazole rings is 1. The van der Waals surface area contributed by atoms with E-state index in [1.807, 2.05) is 72.8 Å². The minimum absolute atomic E-state index is 0.0714. The Labute approximate surface area is 281 Å². The van der Waals surface area contributed by atoms with Crippen LogP contribution in [-0.4, -0.2) is 56.9 Å². The second kappa shape index (κ2) is 15.2. The minimum Gasteiger partial charge on any atom is -0.444 e. The lowest BCUT2D eigenvalue weighted by Gasteiger charge is -2.29. The number of alkyl carbamates (subject to hydrolysis) is 1. The molecule has 10 nitrogen and oxygen atoms in total. The highest BCUT2D eigenvalue weighted by molar-refractivity contribution is 5.98. The zero-order valence-corrected chi connectivity index (χ0v) is 28.4. The monoisotopic (exact) mass is 652 g/mol. The molecule has 3 aromatic carbocycles. The quantitative estimate of drug-likeness (QED) is 0.166. The molecule has 0 saturated carbocycles. The van der Waals surface area contributed by atoms with Crippen LogP contribution in [0.3, 0.4) is 0 Å². The predicted molar refractivity (Wildman–Crippen MR) is 185 cm³/mol. The van der Waals surface area contributed by atoms with E-state index in [1.54, 1.807) is 37.9 Å². The summed E-state index contributed by atoms with van der Waals surface area (Å²) in [6.07, 6.45) is 2.36. The third-order valence-corrected chi connectivity index (χ3v) is 7.62. The maximum absolute atomic E-state index is 13.7. The second-order valence-electron chi connectivity index (χ2n) is 13.3.